The van der Waals surface area contributed by atoms with Gasteiger partial charge in [-0.2, -0.15) is 9.97 Å². The second kappa shape index (κ2) is 6.28. The summed E-state index contributed by atoms with van der Waals surface area (Å²) >= 11 is 0. The summed E-state index contributed by atoms with van der Waals surface area (Å²) < 4.78 is 0. The van der Waals surface area contributed by atoms with Gasteiger partial charge in [-0.25, -0.2) is 4.98 Å². The molecular formula is C15H24N6. The van der Waals surface area contributed by atoms with Crippen molar-refractivity contribution in [2.45, 2.75) is 51.5 Å². The lowest BCUT2D eigenvalue weighted by Crippen LogP contribution is -2.34. The number of rotatable bonds is 5. The first-order chi connectivity index (χ1) is 10.3. The van der Waals surface area contributed by atoms with Crippen LogP contribution in [0.2, 0.25) is 0 Å². The second-order valence-electron chi connectivity index (χ2n) is 5.80. The lowest BCUT2D eigenvalue weighted by atomic mass is 9.94. The van der Waals surface area contributed by atoms with Gasteiger partial charge in [0.15, 0.2) is 11.5 Å². The third-order valence-corrected chi connectivity index (χ3v) is 4.26. The number of anilines is 2. The van der Waals surface area contributed by atoms with E-state index in [4.69, 9.17) is 4.98 Å². The predicted octanol–water partition coefficient (Wildman–Crippen LogP) is 2.94. The third-order valence-electron chi connectivity index (χ3n) is 4.26. The molecular weight excluding hydrogens is 264 g/mol. The Bertz CT molecular complexity index is 587. The first-order valence-electron chi connectivity index (χ1n) is 7.97. The molecule has 0 aromatic carbocycles. The van der Waals surface area contributed by atoms with E-state index in [-0.39, 0.29) is 0 Å². The Morgan fingerprint density at radius 2 is 2.10 bits per heavy atom. The monoisotopic (exact) mass is 288 g/mol. The Balaban J connectivity index is 1.92. The zero-order chi connectivity index (χ0) is 14.7. The fraction of sp³-hybridized carbons (Fsp3) is 0.667. The standard InChI is InChI=1S/C15H24N6/c1-3-9-16-15-19-13-12(17-10-18-13)14(20-15)21(2)11-7-5-4-6-8-11/h10-11H,3-9H2,1-2H3,(H2,16,17,18,19,20). The SMILES string of the molecule is CCCNc1nc(N(C)C2CCCCC2)c2[nH]cnc2n1. The molecule has 6 heteroatoms. The molecule has 0 radical (unpaired) electrons. The van der Waals surface area contributed by atoms with Gasteiger partial charge in [0.05, 0.1) is 6.33 Å². The van der Waals surface area contributed by atoms with Crippen LogP contribution in [0, 0.1) is 0 Å². The third kappa shape index (κ3) is 2.94. The van der Waals surface area contributed by atoms with Crippen molar-refractivity contribution in [2.24, 2.45) is 0 Å². The summed E-state index contributed by atoms with van der Waals surface area (Å²) in [5.41, 5.74) is 1.67. The van der Waals surface area contributed by atoms with Gasteiger partial charge in [0.2, 0.25) is 5.95 Å². The number of nitrogens with zero attached hydrogens (tertiary/aromatic N) is 4. The van der Waals surface area contributed by atoms with E-state index in [2.05, 4.69) is 39.1 Å². The smallest absolute Gasteiger partial charge is 0.226 e. The van der Waals surface area contributed by atoms with Crippen molar-refractivity contribution in [1.82, 2.24) is 19.9 Å². The molecule has 21 heavy (non-hydrogen) atoms. The molecule has 1 aliphatic rings. The fourth-order valence-corrected chi connectivity index (χ4v) is 3.03. The normalized spacial score (nSPS) is 16.3. The molecule has 114 valence electrons. The van der Waals surface area contributed by atoms with E-state index >= 15 is 0 Å². The van der Waals surface area contributed by atoms with Crippen molar-refractivity contribution in [3.63, 3.8) is 0 Å². The zero-order valence-corrected chi connectivity index (χ0v) is 12.9. The highest BCUT2D eigenvalue weighted by atomic mass is 15.3. The second-order valence-corrected chi connectivity index (χ2v) is 5.80. The van der Waals surface area contributed by atoms with Gasteiger partial charge in [0.25, 0.3) is 0 Å². The minimum atomic E-state index is 0.569. The minimum Gasteiger partial charge on any atom is -0.355 e. The first-order valence-corrected chi connectivity index (χ1v) is 7.97. The average molecular weight is 288 g/mol. The highest BCUT2D eigenvalue weighted by Gasteiger charge is 2.22. The quantitative estimate of drug-likeness (QED) is 0.885. The molecule has 0 atom stereocenters. The Kier molecular flexibility index (Phi) is 4.22. The summed E-state index contributed by atoms with van der Waals surface area (Å²) in [5, 5.41) is 3.27. The van der Waals surface area contributed by atoms with Crippen LogP contribution >= 0.6 is 0 Å². The summed E-state index contributed by atoms with van der Waals surface area (Å²) in [5.74, 6) is 1.64. The topological polar surface area (TPSA) is 69.7 Å². The number of hydrogen-bond acceptors (Lipinski definition) is 5. The Hall–Kier alpha value is -1.85. The number of aromatic nitrogens is 4. The van der Waals surface area contributed by atoms with Gasteiger partial charge >= 0.3 is 0 Å². The van der Waals surface area contributed by atoms with Gasteiger partial charge in [0.1, 0.15) is 5.52 Å². The highest BCUT2D eigenvalue weighted by Crippen LogP contribution is 2.29. The van der Waals surface area contributed by atoms with Gasteiger partial charge in [-0.1, -0.05) is 26.2 Å². The molecule has 1 aliphatic carbocycles. The van der Waals surface area contributed by atoms with Gasteiger partial charge in [-0.3, -0.25) is 0 Å². The number of fused-ring (bicyclic) bond motifs is 1. The summed E-state index contributed by atoms with van der Waals surface area (Å²) in [6, 6.07) is 0.569. The van der Waals surface area contributed by atoms with Crippen LogP contribution in [0.3, 0.4) is 0 Å². The summed E-state index contributed by atoms with van der Waals surface area (Å²) in [6.07, 6.45) is 9.22. The number of imidazole rings is 1. The van der Waals surface area contributed by atoms with Crippen molar-refractivity contribution in [3.05, 3.63) is 6.33 Å². The summed E-state index contributed by atoms with van der Waals surface area (Å²) in [7, 11) is 2.14. The molecule has 2 aromatic heterocycles. The predicted molar refractivity (Wildman–Crippen MR) is 85.7 cm³/mol. The molecule has 0 saturated heterocycles. The maximum absolute atomic E-state index is 4.72. The molecule has 1 fully saturated rings. The van der Waals surface area contributed by atoms with E-state index in [0.717, 1.165) is 29.9 Å². The van der Waals surface area contributed by atoms with Gasteiger partial charge in [-0.15, -0.1) is 0 Å². The Morgan fingerprint density at radius 3 is 2.86 bits per heavy atom. The molecule has 0 aliphatic heterocycles. The summed E-state index contributed by atoms with van der Waals surface area (Å²) in [4.78, 5) is 19.0. The zero-order valence-electron chi connectivity index (χ0n) is 12.9. The molecule has 0 amide bonds. The van der Waals surface area contributed by atoms with Crippen molar-refractivity contribution >= 4 is 22.9 Å². The Labute approximate surface area is 125 Å². The van der Waals surface area contributed by atoms with Crippen molar-refractivity contribution < 1.29 is 0 Å². The average Bonchev–Trinajstić information content (AvgIpc) is 3.00. The minimum absolute atomic E-state index is 0.569. The Morgan fingerprint density at radius 1 is 1.29 bits per heavy atom. The van der Waals surface area contributed by atoms with E-state index in [1.165, 1.54) is 32.1 Å². The lowest BCUT2D eigenvalue weighted by Gasteiger charge is -2.32. The van der Waals surface area contributed by atoms with Crippen LogP contribution in [0.4, 0.5) is 11.8 Å². The molecule has 0 unspecified atom stereocenters. The first kappa shape index (κ1) is 14.1. The molecule has 0 bridgehead atoms. The van der Waals surface area contributed by atoms with Crippen LogP contribution in [0.15, 0.2) is 6.33 Å². The van der Waals surface area contributed by atoms with Crippen molar-refractivity contribution in [3.8, 4) is 0 Å². The van der Waals surface area contributed by atoms with Crippen LogP contribution in [-0.4, -0.2) is 39.6 Å². The summed E-state index contributed by atoms with van der Waals surface area (Å²) in [6.45, 7) is 3.01. The molecule has 2 aromatic rings. The van der Waals surface area contributed by atoms with Crippen molar-refractivity contribution in [2.75, 3.05) is 23.8 Å². The van der Waals surface area contributed by atoms with E-state index in [1.807, 2.05) is 0 Å². The van der Waals surface area contributed by atoms with Gasteiger partial charge < -0.3 is 15.2 Å². The highest BCUT2D eigenvalue weighted by molar-refractivity contribution is 5.84. The molecule has 0 spiro atoms. The van der Waals surface area contributed by atoms with Crippen LogP contribution in [-0.2, 0) is 0 Å². The van der Waals surface area contributed by atoms with E-state index in [1.54, 1.807) is 6.33 Å². The number of nitrogens with one attached hydrogen (secondary N) is 2. The van der Waals surface area contributed by atoms with Crippen LogP contribution in [0.1, 0.15) is 45.4 Å². The lowest BCUT2D eigenvalue weighted by molar-refractivity contribution is 0.426. The van der Waals surface area contributed by atoms with Crippen LogP contribution in [0.25, 0.3) is 11.2 Å². The number of H-pyrrole nitrogens is 1. The largest absolute Gasteiger partial charge is 0.355 e. The molecule has 2 N–H and O–H groups in total. The molecule has 2 heterocycles. The fourth-order valence-electron chi connectivity index (χ4n) is 3.03. The molecule has 6 nitrogen and oxygen atoms in total. The number of aromatic amines is 1. The molecule has 1 saturated carbocycles. The van der Waals surface area contributed by atoms with E-state index in [0.29, 0.717) is 12.0 Å². The van der Waals surface area contributed by atoms with Gasteiger partial charge in [-0.05, 0) is 19.3 Å². The maximum Gasteiger partial charge on any atom is 0.226 e. The molecule has 3 rings (SSSR count). The van der Waals surface area contributed by atoms with E-state index in [9.17, 15) is 0 Å². The van der Waals surface area contributed by atoms with E-state index < -0.39 is 0 Å². The van der Waals surface area contributed by atoms with Gasteiger partial charge in [0, 0.05) is 19.6 Å². The van der Waals surface area contributed by atoms with Crippen molar-refractivity contribution in [1.29, 1.82) is 0 Å². The van der Waals surface area contributed by atoms with Crippen LogP contribution in [0.5, 0.6) is 0 Å². The van der Waals surface area contributed by atoms with Crippen LogP contribution < -0.4 is 10.2 Å². The maximum atomic E-state index is 4.72. The number of hydrogen-bond donors (Lipinski definition) is 2.